The first-order chi connectivity index (χ1) is 13.6. The molecular weight excluding hydrogens is 376 g/mol. The highest BCUT2D eigenvalue weighted by molar-refractivity contribution is 5.85. The van der Waals surface area contributed by atoms with E-state index in [1.807, 2.05) is 13.8 Å². The van der Waals surface area contributed by atoms with Crippen LogP contribution in [0.2, 0.25) is 0 Å². The van der Waals surface area contributed by atoms with Crippen molar-refractivity contribution in [1.82, 2.24) is 0 Å². The predicted octanol–water partition coefficient (Wildman–Crippen LogP) is 1.76. The van der Waals surface area contributed by atoms with Crippen molar-refractivity contribution in [1.29, 1.82) is 0 Å². The Bertz CT molecular complexity index is 818. The van der Waals surface area contributed by atoms with Crippen LogP contribution in [0, 0.1) is 34.0 Å². The van der Waals surface area contributed by atoms with Gasteiger partial charge in [-0.1, -0.05) is 20.4 Å². The number of hydrogen-bond acceptors (Lipinski definition) is 7. The molecule has 0 aromatic rings. The van der Waals surface area contributed by atoms with Crippen LogP contribution in [0.5, 0.6) is 0 Å². The molecule has 2 saturated heterocycles. The zero-order valence-electron chi connectivity index (χ0n) is 17.1. The number of aliphatic hydroxyl groups excluding tert-OH is 1. The van der Waals surface area contributed by atoms with Crippen molar-refractivity contribution in [3.05, 3.63) is 12.2 Å². The Morgan fingerprint density at radius 3 is 2.72 bits per heavy atom. The zero-order chi connectivity index (χ0) is 20.9. The van der Waals surface area contributed by atoms with Crippen LogP contribution in [0.15, 0.2) is 12.2 Å². The molecule has 7 heteroatoms. The number of aldehydes is 1. The first kappa shape index (κ1) is 19.2. The molecule has 3 saturated carbocycles. The summed E-state index contributed by atoms with van der Waals surface area (Å²) in [6.07, 6.45) is 0.0915. The van der Waals surface area contributed by atoms with E-state index < -0.39 is 59.2 Å². The highest BCUT2D eigenvalue weighted by atomic mass is 16.6. The fourth-order valence-electron chi connectivity index (χ4n) is 7.72. The second-order valence-electron chi connectivity index (χ2n) is 10.3. The molecule has 29 heavy (non-hydrogen) atoms. The normalized spacial score (nSPS) is 51.7. The van der Waals surface area contributed by atoms with Crippen LogP contribution in [0.1, 0.15) is 46.5 Å². The van der Waals surface area contributed by atoms with Crippen LogP contribution in [-0.2, 0) is 28.6 Å². The van der Waals surface area contributed by atoms with E-state index >= 15 is 0 Å². The maximum atomic E-state index is 13.5. The van der Waals surface area contributed by atoms with Crippen molar-refractivity contribution in [3.63, 3.8) is 0 Å². The van der Waals surface area contributed by atoms with Gasteiger partial charge >= 0.3 is 11.9 Å². The second-order valence-corrected chi connectivity index (χ2v) is 10.3. The fraction of sp³-hybridized carbons (Fsp3) is 0.773. The lowest BCUT2D eigenvalue weighted by Crippen LogP contribution is -2.76. The van der Waals surface area contributed by atoms with Crippen LogP contribution in [-0.4, -0.2) is 47.9 Å². The van der Waals surface area contributed by atoms with E-state index in [0.717, 1.165) is 6.29 Å². The summed E-state index contributed by atoms with van der Waals surface area (Å²) in [4.78, 5) is 38.3. The third-order valence-corrected chi connectivity index (χ3v) is 8.60. The first-order valence-corrected chi connectivity index (χ1v) is 10.5. The van der Waals surface area contributed by atoms with Crippen LogP contribution in [0.4, 0.5) is 0 Å². The van der Waals surface area contributed by atoms with Gasteiger partial charge in [-0.15, -0.1) is 0 Å². The average molecular weight is 404 g/mol. The van der Waals surface area contributed by atoms with Crippen molar-refractivity contribution in [2.24, 2.45) is 34.0 Å². The Hall–Kier alpha value is -1.73. The number of aliphatic hydroxyl groups is 1. The van der Waals surface area contributed by atoms with Gasteiger partial charge in [0.1, 0.15) is 23.9 Å². The molecule has 1 N–H and O–H groups in total. The number of fused-ring (bicyclic) bond motifs is 1. The molecule has 0 amide bonds. The van der Waals surface area contributed by atoms with Gasteiger partial charge in [0.25, 0.3) is 0 Å². The molecule has 2 bridgehead atoms. The van der Waals surface area contributed by atoms with Gasteiger partial charge in [-0.05, 0) is 42.6 Å². The molecule has 5 aliphatic rings. The predicted molar refractivity (Wildman–Crippen MR) is 99.1 cm³/mol. The molecule has 0 unspecified atom stereocenters. The number of carbonyl (C=O) groups excluding carboxylic acids is 3. The summed E-state index contributed by atoms with van der Waals surface area (Å²) in [6, 6.07) is 0. The minimum atomic E-state index is -1.19. The molecule has 158 valence electrons. The van der Waals surface area contributed by atoms with Crippen molar-refractivity contribution < 1.29 is 33.7 Å². The van der Waals surface area contributed by atoms with E-state index in [-0.39, 0.29) is 11.3 Å². The van der Waals surface area contributed by atoms with Crippen molar-refractivity contribution >= 4 is 18.2 Å². The third kappa shape index (κ3) is 2.08. The average Bonchev–Trinajstić information content (AvgIpc) is 2.84. The van der Waals surface area contributed by atoms with E-state index in [4.69, 9.17) is 14.2 Å². The van der Waals surface area contributed by atoms with E-state index in [1.54, 1.807) is 0 Å². The van der Waals surface area contributed by atoms with Gasteiger partial charge in [0.15, 0.2) is 6.29 Å². The summed E-state index contributed by atoms with van der Waals surface area (Å²) < 4.78 is 17.7. The van der Waals surface area contributed by atoms with Crippen LogP contribution in [0.25, 0.3) is 0 Å². The van der Waals surface area contributed by atoms with Gasteiger partial charge in [-0.2, -0.15) is 0 Å². The molecule has 2 aliphatic heterocycles. The SMILES string of the molecule is C=C1[C@@H]2C[C@@H]3O[C@H](O)[C@@H]4C(C)(C)CC[C@@H]5OC(=O)[C@](C2)([C@@H]1OC(C)=O)[C@@H]3[C@]54C=O. The molecule has 0 aromatic carbocycles. The number of rotatable bonds is 2. The van der Waals surface area contributed by atoms with Crippen molar-refractivity contribution in [2.75, 3.05) is 0 Å². The Labute approximate surface area is 169 Å². The largest absolute Gasteiger partial charge is 0.461 e. The maximum Gasteiger partial charge on any atom is 0.316 e. The molecule has 2 heterocycles. The Kier molecular flexibility index (Phi) is 3.78. The van der Waals surface area contributed by atoms with E-state index in [0.29, 0.717) is 31.3 Å². The van der Waals surface area contributed by atoms with Gasteiger partial charge in [-0.3, -0.25) is 9.59 Å². The van der Waals surface area contributed by atoms with Crippen molar-refractivity contribution in [3.8, 4) is 0 Å². The van der Waals surface area contributed by atoms with Gasteiger partial charge in [0, 0.05) is 18.8 Å². The summed E-state index contributed by atoms with van der Waals surface area (Å²) in [7, 11) is 0. The van der Waals surface area contributed by atoms with Gasteiger partial charge in [0.05, 0.1) is 11.5 Å². The fourth-order valence-corrected chi connectivity index (χ4v) is 7.72. The minimum absolute atomic E-state index is 0.0891. The Balaban J connectivity index is 1.75. The van der Waals surface area contributed by atoms with Crippen molar-refractivity contribution in [2.45, 2.75) is 71.1 Å². The lowest BCUT2D eigenvalue weighted by molar-refractivity contribution is -0.346. The monoisotopic (exact) mass is 404 g/mol. The van der Waals surface area contributed by atoms with Gasteiger partial charge in [-0.25, -0.2) is 0 Å². The summed E-state index contributed by atoms with van der Waals surface area (Å²) in [5.74, 6) is -2.05. The number of hydrogen-bond donors (Lipinski definition) is 1. The zero-order valence-corrected chi connectivity index (χ0v) is 17.1. The molecule has 0 radical (unpaired) electrons. The molecule has 5 fully saturated rings. The quantitative estimate of drug-likeness (QED) is 0.425. The summed E-state index contributed by atoms with van der Waals surface area (Å²) in [6.45, 7) is 9.50. The molecule has 7 nitrogen and oxygen atoms in total. The smallest absolute Gasteiger partial charge is 0.316 e. The summed E-state index contributed by atoms with van der Waals surface area (Å²) in [5.41, 5.74) is -1.97. The second kappa shape index (κ2) is 5.70. The summed E-state index contributed by atoms with van der Waals surface area (Å²) >= 11 is 0. The topological polar surface area (TPSA) is 99.1 Å². The van der Waals surface area contributed by atoms with Crippen LogP contribution < -0.4 is 0 Å². The van der Waals surface area contributed by atoms with E-state index in [2.05, 4.69) is 6.58 Å². The summed E-state index contributed by atoms with van der Waals surface area (Å²) in [5, 5.41) is 11.0. The van der Waals surface area contributed by atoms with Gasteiger partial charge < -0.3 is 24.1 Å². The molecule has 3 aliphatic carbocycles. The lowest BCUT2D eigenvalue weighted by atomic mass is 9.42. The Morgan fingerprint density at radius 1 is 1.34 bits per heavy atom. The molecular formula is C22H28O7. The van der Waals surface area contributed by atoms with E-state index in [1.165, 1.54) is 6.92 Å². The number of ether oxygens (including phenoxy) is 3. The number of carbonyl (C=O) groups is 3. The highest BCUT2D eigenvalue weighted by Crippen LogP contribution is 2.72. The van der Waals surface area contributed by atoms with E-state index in [9.17, 15) is 19.5 Å². The maximum absolute atomic E-state index is 13.5. The Morgan fingerprint density at radius 2 is 2.07 bits per heavy atom. The minimum Gasteiger partial charge on any atom is -0.461 e. The molecule has 5 rings (SSSR count). The molecule has 0 aromatic heterocycles. The third-order valence-electron chi connectivity index (χ3n) is 8.60. The molecule has 1 spiro atoms. The molecule has 9 atom stereocenters. The number of esters is 2. The highest BCUT2D eigenvalue weighted by Gasteiger charge is 2.80. The van der Waals surface area contributed by atoms with Gasteiger partial charge in [0.2, 0.25) is 0 Å². The van der Waals surface area contributed by atoms with Crippen LogP contribution in [0.3, 0.4) is 0 Å². The standard InChI is InChI=1S/C22H28O7/c1-10-12-7-13-15-21(8-12,17(10)27-11(2)24)19(26)29-14-5-6-20(3,4)16(18(25)28-13)22(14,15)9-23/h9,12-18,25H,1,5-8H2,2-4H3/t12-,13+,14+,15-,16-,17-,18+,21+,22+/m1/s1. The first-order valence-electron chi connectivity index (χ1n) is 10.5. The van der Waals surface area contributed by atoms with Crippen LogP contribution >= 0.6 is 0 Å². The lowest BCUT2D eigenvalue weighted by Gasteiger charge is -2.67.